The molecule has 0 aliphatic carbocycles. The minimum absolute atomic E-state index is 0.187. The van der Waals surface area contributed by atoms with Crippen molar-refractivity contribution < 1.29 is 23.9 Å². The van der Waals surface area contributed by atoms with E-state index in [-0.39, 0.29) is 5.91 Å². The van der Waals surface area contributed by atoms with Crippen LogP contribution >= 0.6 is 11.8 Å². The average Bonchev–Trinajstić information content (AvgIpc) is 2.51. The van der Waals surface area contributed by atoms with Crippen LogP contribution < -0.4 is 15.4 Å². The Morgan fingerprint density at radius 1 is 1.15 bits per heavy atom. The molecule has 0 aliphatic rings. The molecule has 8 heteroatoms. The van der Waals surface area contributed by atoms with Crippen molar-refractivity contribution in [3.63, 3.8) is 0 Å². The van der Waals surface area contributed by atoms with Crippen LogP contribution in [0.3, 0.4) is 0 Å². The molecule has 0 aliphatic heterocycles. The van der Waals surface area contributed by atoms with Crippen molar-refractivity contribution in [2.45, 2.75) is 45.8 Å². The monoisotopic (exact) mass is 382 g/mol. The minimum atomic E-state index is -0.813. The number of benzene rings is 1. The van der Waals surface area contributed by atoms with Gasteiger partial charge in [-0.2, -0.15) is 11.8 Å². The minimum Gasteiger partial charge on any atom is -0.444 e. The molecule has 1 atom stereocenters. The van der Waals surface area contributed by atoms with E-state index in [9.17, 15) is 14.4 Å². The number of carbonyl (C=O) groups excluding carboxylic acids is 3. The first-order valence-electron chi connectivity index (χ1n) is 8.18. The summed E-state index contributed by atoms with van der Waals surface area (Å²) in [5.41, 5.74) is -0.0551. The summed E-state index contributed by atoms with van der Waals surface area (Å²) in [6.07, 6.45) is 1.67. The average molecular weight is 382 g/mol. The van der Waals surface area contributed by atoms with Crippen LogP contribution in [0, 0.1) is 0 Å². The molecule has 1 unspecified atom stereocenters. The Balaban J connectivity index is 2.72. The summed E-state index contributed by atoms with van der Waals surface area (Å²) in [6.45, 7) is 6.65. The number of anilines is 1. The molecule has 1 rings (SSSR count). The molecule has 1 aromatic rings. The first-order valence-corrected chi connectivity index (χ1v) is 9.58. The van der Waals surface area contributed by atoms with Crippen LogP contribution in [0.2, 0.25) is 0 Å². The fourth-order valence-electron chi connectivity index (χ4n) is 1.93. The van der Waals surface area contributed by atoms with Crippen molar-refractivity contribution >= 4 is 35.4 Å². The van der Waals surface area contributed by atoms with Gasteiger partial charge in [0, 0.05) is 12.6 Å². The Morgan fingerprint density at radius 3 is 2.27 bits per heavy atom. The second-order valence-electron chi connectivity index (χ2n) is 6.61. The van der Waals surface area contributed by atoms with Gasteiger partial charge in [-0.15, -0.1) is 0 Å². The Kier molecular flexibility index (Phi) is 8.44. The predicted octanol–water partition coefficient (Wildman–Crippen LogP) is 3.20. The Labute approximate surface area is 158 Å². The second-order valence-corrected chi connectivity index (χ2v) is 7.59. The molecular formula is C18H26N2O5S. The molecule has 144 valence electrons. The van der Waals surface area contributed by atoms with E-state index in [2.05, 4.69) is 10.6 Å². The molecule has 0 spiro atoms. The highest BCUT2D eigenvalue weighted by atomic mass is 32.2. The second kappa shape index (κ2) is 10.1. The highest BCUT2D eigenvalue weighted by Gasteiger charge is 2.25. The standard InChI is InChI=1S/C18H26N2O5S/c1-12(21)19-13-6-8-14(9-7-13)24-16(22)15(10-11-26-5)20-17(23)25-18(2,3)4/h6-9,15H,10-11H2,1-5H3,(H,19,21)(H,20,23). The lowest BCUT2D eigenvalue weighted by atomic mass is 10.2. The number of rotatable bonds is 7. The topological polar surface area (TPSA) is 93.7 Å². The van der Waals surface area contributed by atoms with Crippen LogP contribution in [0.5, 0.6) is 5.75 Å². The van der Waals surface area contributed by atoms with Crippen LogP contribution in [0.4, 0.5) is 10.5 Å². The number of hydrogen-bond acceptors (Lipinski definition) is 6. The zero-order chi connectivity index (χ0) is 19.7. The molecule has 0 bridgehead atoms. The maximum atomic E-state index is 12.4. The first-order chi connectivity index (χ1) is 12.1. The van der Waals surface area contributed by atoms with Crippen molar-refractivity contribution in [2.24, 2.45) is 0 Å². The third kappa shape index (κ3) is 8.75. The third-order valence-electron chi connectivity index (χ3n) is 2.98. The van der Waals surface area contributed by atoms with E-state index in [1.807, 2.05) is 6.26 Å². The highest BCUT2D eigenvalue weighted by molar-refractivity contribution is 7.98. The van der Waals surface area contributed by atoms with Gasteiger partial charge in [-0.3, -0.25) is 4.79 Å². The van der Waals surface area contributed by atoms with Crippen LogP contribution in [0.15, 0.2) is 24.3 Å². The smallest absolute Gasteiger partial charge is 0.408 e. The molecular weight excluding hydrogens is 356 g/mol. The van der Waals surface area contributed by atoms with Crippen LogP contribution in [-0.2, 0) is 14.3 Å². The Bertz CT molecular complexity index is 625. The number of ether oxygens (including phenoxy) is 2. The van der Waals surface area contributed by atoms with Gasteiger partial charge < -0.3 is 20.1 Å². The van der Waals surface area contributed by atoms with Crippen molar-refractivity contribution in [3.05, 3.63) is 24.3 Å². The Morgan fingerprint density at radius 2 is 1.77 bits per heavy atom. The largest absolute Gasteiger partial charge is 0.444 e. The zero-order valence-corrected chi connectivity index (χ0v) is 16.6. The Hall–Kier alpha value is -2.22. The van der Waals surface area contributed by atoms with Crippen molar-refractivity contribution in [3.8, 4) is 5.75 Å². The first kappa shape index (κ1) is 21.8. The fraction of sp³-hybridized carbons (Fsp3) is 0.500. The molecule has 0 radical (unpaired) electrons. The molecule has 0 fully saturated rings. The fourth-order valence-corrected chi connectivity index (χ4v) is 2.40. The number of carbonyl (C=O) groups is 3. The highest BCUT2D eigenvalue weighted by Crippen LogP contribution is 2.17. The van der Waals surface area contributed by atoms with E-state index < -0.39 is 23.7 Å². The normalized spacial score (nSPS) is 12.0. The third-order valence-corrected chi connectivity index (χ3v) is 3.62. The molecule has 7 nitrogen and oxygen atoms in total. The number of amides is 2. The van der Waals surface area contributed by atoms with E-state index >= 15 is 0 Å². The summed E-state index contributed by atoms with van der Waals surface area (Å²) < 4.78 is 10.5. The molecule has 1 aromatic carbocycles. The van der Waals surface area contributed by atoms with Gasteiger partial charge in [0.15, 0.2) is 0 Å². The van der Waals surface area contributed by atoms with Gasteiger partial charge in [-0.25, -0.2) is 9.59 Å². The van der Waals surface area contributed by atoms with Crippen molar-refractivity contribution in [2.75, 3.05) is 17.3 Å². The molecule has 0 saturated carbocycles. The summed E-state index contributed by atoms with van der Waals surface area (Å²) in [7, 11) is 0. The van der Waals surface area contributed by atoms with Crippen molar-refractivity contribution in [1.82, 2.24) is 5.32 Å². The summed E-state index contributed by atoms with van der Waals surface area (Å²) in [6, 6.07) is 5.59. The number of nitrogens with one attached hydrogen (secondary N) is 2. The molecule has 0 heterocycles. The summed E-state index contributed by atoms with van der Waals surface area (Å²) in [4.78, 5) is 35.4. The van der Waals surface area contributed by atoms with Gasteiger partial charge in [0.05, 0.1) is 0 Å². The quantitative estimate of drug-likeness (QED) is 0.556. The van der Waals surface area contributed by atoms with E-state index in [0.29, 0.717) is 23.6 Å². The zero-order valence-electron chi connectivity index (χ0n) is 15.8. The molecule has 26 heavy (non-hydrogen) atoms. The van der Waals surface area contributed by atoms with Gasteiger partial charge in [-0.1, -0.05) is 0 Å². The molecule has 2 amide bonds. The molecule has 0 saturated heterocycles. The summed E-state index contributed by atoms with van der Waals surface area (Å²) in [5.74, 6) is 0.242. The van der Waals surface area contributed by atoms with Gasteiger partial charge in [0.25, 0.3) is 0 Å². The maximum absolute atomic E-state index is 12.4. The van der Waals surface area contributed by atoms with Crippen LogP contribution in [-0.4, -0.2) is 41.6 Å². The van der Waals surface area contributed by atoms with Gasteiger partial charge in [0.2, 0.25) is 5.91 Å². The van der Waals surface area contributed by atoms with E-state index in [4.69, 9.17) is 9.47 Å². The van der Waals surface area contributed by atoms with E-state index in [0.717, 1.165) is 0 Å². The SMILES string of the molecule is CSCCC(NC(=O)OC(C)(C)C)C(=O)Oc1ccc(NC(C)=O)cc1. The lowest BCUT2D eigenvalue weighted by Crippen LogP contribution is -2.45. The summed E-state index contributed by atoms with van der Waals surface area (Å²) >= 11 is 1.56. The maximum Gasteiger partial charge on any atom is 0.408 e. The number of hydrogen-bond donors (Lipinski definition) is 2. The molecule has 2 N–H and O–H groups in total. The van der Waals surface area contributed by atoms with E-state index in [1.54, 1.807) is 56.8 Å². The summed E-state index contributed by atoms with van der Waals surface area (Å²) in [5, 5.41) is 5.19. The van der Waals surface area contributed by atoms with E-state index in [1.165, 1.54) is 6.92 Å². The van der Waals surface area contributed by atoms with Crippen LogP contribution in [0.25, 0.3) is 0 Å². The van der Waals surface area contributed by atoms with Gasteiger partial charge in [-0.05, 0) is 63.5 Å². The lowest BCUT2D eigenvalue weighted by molar-refractivity contribution is -0.136. The van der Waals surface area contributed by atoms with Crippen molar-refractivity contribution in [1.29, 1.82) is 0 Å². The number of alkyl carbamates (subject to hydrolysis) is 1. The predicted molar refractivity (Wildman–Crippen MR) is 103 cm³/mol. The number of esters is 1. The van der Waals surface area contributed by atoms with Gasteiger partial charge in [0.1, 0.15) is 17.4 Å². The van der Waals surface area contributed by atoms with Gasteiger partial charge >= 0.3 is 12.1 Å². The number of thioether (sulfide) groups is 1. The lowest BCUT2D eigenvalue weighted by Gasteiger charge is -2.22. The molecule has 0 aromatic heterocycles. The van der Waals surface area contributed by atoms with Crippen LogP contribution in [0.1, 0.15) is 34.1 Å².